The van der Waals surface area contributed by atoms with Crippen LogP contribution in [0.15, 0.2) is 41.1 Å². The summed E-state index contributed by atoms with van der Waals surface area (Å²) in [6, 6.07) is 9.98. The van der Waals surface area contributed by atoms with E-state index in [0.717, 1.165) is 16.1 Å². The topological polar surface area (TPSA) is 70.1 Å². The van der Waals surface area contributed by atoms with Gasteiger partial charge in [-0.25, -0.2) is 9.97 Å². The van der Waals surface area contributed by atoms with Crippen LogP contribution in [0, 0.1) is 0 Å². The van der Waals surface area contributed by atoms with Crippen LogP contribution in [0.1, 0.15) is 12.0 Å². The second-order valence-corrected chi connectivity index (χ2v) is 5.19. The van der Waals surface area contributed by atoms with E-state index in [1.807, 2.05) is 18.2 Å². The fraction of sp³-hybridized carbons (Fsp3) is 0.286. The van der Waals surface area contributed by atoms with E-state index in [2.05, 4.69) is 48.7 Å². The summed E-state index contributed by atoms with van der Waals surface area (Å²) in [6.07, 6.45) is 2.22. The lowest BCUT2D eigenvalue weighted by Crippen LogP contribution is -2.07. The molecule has 5 nitrogen and oxygen atoms in total. The van der Waals surface area contributed by atoms with Gasteiger partial charge in [-0.1, -0.05) is 28.1 Å². The zero-order chi connectivity index (χ0) is 14.2. The van der Waals surface area contributed by atoms with Crippen molar-refractivity contribution in [3.05, 3.63) is 46.7 Å². The molecule has 2 rings (SSSR count). The number of benzene rings is 1. The smallest absolute Gasteiger partial charge is 0.131 e. The van der Waals surface area contributed by atoms with Crippen molar-refractivity contribution >= 4 is 27.6 Å². The number of nitrogens with zero attached hydrogens (tertiary/aromatic N) is 2. The summed E-state index contributed by atoms with van der Waals surface area (Å²) in [5, 5.41) is 15.1. The monoisotopic (exact) mass is 336 g/mol. The van der Waals surface area contributed by atoms with Crippen LogP contribution in [0.2, 0.25) is 0 Å². The first-order valence-electron chi connectivity index (χ1n) is 6.43. The van der Waals surface area contributed by atoms with E-state index in [0.29, 0.717) is 19.5 Å². The molecule has 1 aromatic heterocycles. The number of nitrogens with one attached hydrogen (secondary N) is 2. The van der Waals surface area contributed by atoms with Gasteiger partial charge in [-0.05, 0) is 24.1 Å². The third-order valence-electron chi connectivity index (χ3n) is 2.67. The van der Waals surface area contributed by atoms with Gasteiger partial charge >= 0.3 is 0 Å². The summed E-state index contributed by atoms with van der Waals surface area (Å²) in [6.45, 7) is 1.57. The van der Waals surface area contributed by atoms with Gasteiger partial charge in [0, 0.05) is 30.2 Å². The average Bonchev–Trinajstić information content (AvgIpc) is 2.46. The molecule has 6 heteroatoms. The van der Waals surface area contributed by atoms with Crippen LogP contribution in [-0.2, 0) is 6.54 Å². The molecule has 0 radical (unpaired) electrons. The van der Waals surface area contributed by atoms with Crippen LogP contribution >= 0.6 is 15.9 Å². The highest BCUT2D eigenvalue weighted by atomic mass is 79.9. The standard InChI is InChI=1S/C14H17BrN4O/c15-12-4-1-3-11(7-12)9-17-14-8-13(18-10-19-14)16-5-2-6-20/h1,3-4,7-8,10,20H,2,5-6,9H2,(H2,16,17,18,19). The van der Waals surface area contributed by atoms with Crippen LogP contribution in [0.25, 0.3) is 0 Å². The molecule has 0 saturated carbocycles. The predicted molar refractivity (Wildman–Crippen MR) is 83.7 cm³/mol. The Morgan fingerprint density at radius 1 is 1.10 bits per heavy atom. The van der Waals surface area contributed by atoms with E-state index < -0.39 is 0 Å². The fourth-order valence-electron chi connectivity index (χ4n) is 1.69. The van der Waals surface area contributed by atoms with Crippen molar-refractivity contribution in [1.29, 1.82) is 0 Å². The SMILES string of the molecule is OCCCNc1cc(NCc2cccc(Br)c2)ncn1. The second kappa shape index (κ2) is 7.81. The summed E-state index contributed by atoms with van der Waals surface area (Å²) >= 11 is 3.45. The molecule has 0 fully saturated rings. The highest BCUT2D eigenvalue weighted by Gasteiger charge is 1.99. The summed E-state index contributed by atoms with van der Waals surface area (Å²) in [5.74, 6) is 1.52. The maximum absolute atomic E-state index is 8.74. The molecule has 0 amide bonds. The molecule has 0 unspecified atom stereocenters. The third-order valence-corrected chi connectivity index (χ3v) is 3.16. The average molecular weight is 337 g/mol. The lowest BCUT2D eigenvalue weighted by molar-refractivity contribution is 0.292. The molecule has 0 bridgehead atoms. The van der Waals surface area contributed by atoms with Crippen LogP contribution in [0.4, 0.5) is 11.6 Å². The van der Waals surface area contributed by atoms with Crippen molar-refractivity contribution in [1.82, 2.24) is 9.97 Å². The summed E-state index contributed by atoms with van der Waals surface area (Å²) < 4.78 is 1.06. The Morgan fingerprint density at radius 2 is 1.90 bits per heavy atom. The molecule has 3 N–H and O–H groups in total. The van der Waals surface area contributed by atoms with Gasteiger partial charge in [0.2, 0.25) is 0 Å². The normalized spacial score (nSPS) is 10.3. The van der Waals surface area contributed by atoms with Gasteiger partial charge in [-0.2, -0.15) is 0 Å². The number of rotatable bonds is 7. The Bertz CT molecular complexity index is 550. The third kappa shape index (κ3) is 4.79. The van der Waals surface area contributed by atoms with Gasteiger partial charge < -0.3 is 15.7 Å². The lowest BCUT2D eigenvalue weighted by atomic mass is 10.2. The van der Waals surface area contributed by atoms with Gasteiger partial charge in [0.15, 0.2) is 0 Å². The number of aromatic nitrogens is 2. The largest absolute Gasteiger partial charge is 0.396 e. The summed E-state index contributed by atoms with van der Waals surface area (Å²) in [4.78, 5) is 8.31. The van der Waals surface area contributed by atoms with Crippen molar-refractivity contribution in [2.75, 3.05) is 23.8 Å². The number of halogens is 1. The molecule has 0 aliphatic carbocycles. The highest BCUT2D eigenvalue weighted by Crippen LogP contribution is 2.14. The molecule has 2 aromatic rings. The van der Waals surface area contributed by atoms with E-state index in [1.165, 1.54) is 11.9 Å². The van der Waals surface area contributed by atoms with Crippen LogP contribution in [0.5, 0.6) is 0 Å². The van der Waals surface area contributed by atoms with Crippen molar-refractivity contribution in [3.8, 4) is 0 Å². The molecule has 0 aliphatic heterocycles. The number of aliphatic hydroxyl groups excluding tert-OH is 1. The van der Waals surface area contributed by atoms with Crippen molar-refractivity contribution in [2.24, 2.45) is 0 Å². The van der Waals surface area contributed by atoms with E-state index in [4.69, 9.17) is 5.11 Å². The Morgan fingerprint density at radius 3 is 2.65 bits per heavy atom. The molecule has 0 aliphatic rings. The first-order valence-corrected chi connectivity index (χ1v) is 7.22. The molecule has 1 aromatic carbocycles. The molecule has 0 spiro atoms. The lowest BCUT2D eigenvalue weighted by Gasteiger charge is -2.08. The van der Waals surface area contributed by atoms with E-state index in [-0.39, 0.29) is 6.61 Å². The van der Waals surface area contributed by atoms with E-state index in [1.54, 1.807) is 0 Å². The first-order chi connectivity index (χ1) is 9.78. The first kappa shape index (κ1) is 14.7. The second-order valence-electron chi connectivity index (χ2n) is 4.28. The van der Waals surface area contributed by atoms with Crippen LogP contribution in [0.3, 0.4) is 0 Å². The fourth-order valence-corrected chi connectivity index (χ4v) is 2.13. The number of hydrogen-bond acceptors (Lipinski definition) is 5. The van der Waals surface area contributed by atoms with E-state index >= 15 is 0 Å². The van der Waals surface area contributed by atoms with Crippen LogP contribution < -0.4 is 10.6 Å². The molecule has 20 heavy (non-hydrogen) atoms. The number of hydrogen-bond donors (Lipinski definition) is 3. The van der Waals surface area contributed by atoms with Gasteiger partial charge in [-0.3, -0.25) is 0 Å². The number of anilines is 2. The maximum atomic E-state index is 8.74. The summed E-state index contributed by atoms with van der Waals surface area (Å²) in [7, 11) is 0. The molecule has 0 saturated heterocycles. The Kier molecular flexibility index (Phi) is 5.76. The van der Waals surface area contributed by atoms with Crippen molar-refractivity contribution < 1.29 is 5.11 Å². The minimum Gasteiger partial charge on any atom is -0.396 e. The molecular weight excluding hydrogens is 320 g/mol. The minimum atomic E-state index is 0.173. The van der Waals surface area contributed by atoms with Crippen molar-refractivity contribution in [3.63, 3.8) is 0 Å². The van der Waals surface area contributed by atoms with Crippen LogP contribution in [-0.4, -0.2) is 28.2 Å². The van der Waals surface area contributed by atoms with Gasteiger partial charge in [0.25, 0.3) is 0 Å². The molecule has 0 atom stereocenters. The maximum Gasteiger partial charge on any atom is 0.131 e. The Labute approximate surface area is 126 Å². The predicted octanol–water partition coefficient (Wildman–Crippen LogP) is 2.65. The van der Waals surface area contributed by atoms with Crippen molar-refractivity contribution in [2.45, 2.75) is 13.0 Å². The van der Waals surface area contributed by atoms with Gasteiger partial charge in [0.05, 0.1) is 0 Å². The van der Waals surface area contributed by atoms with Gasteiger partial charge in [0.1, 0.15) is 18.0 Å². The number of aliphatic hydroxyl groups is 1. The van der Waals surface area contributed by atoms with Gasteiger partial charge in [-0.15, -0.1) is 0 Å². The quantitative estimate of drug-likeness (QED) is 0.678. The molecular formula is C14H17BrN4O. The zero-order valence-corrected chi connectivity index (χ0v) is 12.6. The molecule has 106 valence electrons. The zero-order valence-electron chi connectivity index (χ0n) is 11.0. The molecule has 1 heterocycles. The highest BCUT2D eigenvalue weighted by molar-refractivity contribution is 9.10. The Hall–Kier alpha value is -1.66. The van der Waals surface area contributed by atoms with E-state index in [9.17, 15) is 0 Å². The summed E-state index contributed by atoms with van der Waals surface area (Å²) in [5.41, 5.74) is 1.17. The minimum absolute atomic E-state index is 0.173. The Balaban J connectivity index is 1.91.